The zero-order chi connectivity index (χ0) is 26.4. The second-order valence-electron chi connectivity index (χ2n) is 10.6. The van der Waals surface area contributed by atoms with Crippen LogP contribution in [-0.4, -0.2) is 71.4 Å². The summed E-state index contributed by atoms with van der Waals surface area (Å²) < 4.78 is 6.62. The first-order valence-electron chi connectivity index (χ1n) is 13.2. The number of likely N-dealkylation sites (N-methyl/N-ethyl adjacent to an activating group) is 1. The van der Waals surface area contributed by atoms with E-state index in [0.29, 0.717) is 37.2 Å². The Labute approximate surface area is 225 Å². The Morgan fingerprint density at radius 2 is 1.92 bits per heavy atom. The molecular formula is C27H33N7O3S. The predicted molar refractivity (Wildman–Crippen MR) is 148 cm³/mol. The molecule has 2 atom stereocenters. The van der Waals surface area contributed by atoms with Crippen LogP contribution in [0.15, 0.2) is 24.4 Å². The van der Waals surface area contributed by atoms with E-state index in [0.717, 1.165) is 71.1 Å². The van der Waals surface area contributed by atoms with Gasteiger partial charge in [0.1, 0.15) is 5.82 Å². The summed E-state index contributed by atoms with van der Waals surface area (Å²) in [7, 11) is 2.15. The molecule has 0 aliphatic carbocycles. The molecule has 200 valence electrons. The molecule has 0 spiro atoms. The number of fused-ring (bicyclic) bond motifs is 2. The van der Waals surface area contributed by atoms with E-state index in [-0.39, 0.29) is 6.04 Å². The van der Waals surface area contributed by atoms with E-state index in [1.807, 2.05) is 0 Å². The standard InChI is InChI=1S/C27H33N7O3S/c1-16-3-5-22(17-4-6-23-20(11-17)31-27(38-23)33-9-7-32(2)8-10-33)34(13-16)26(36)25(35)30-21-12-29-24(28)19-15-37-14-18(19)21/h4,6,11-12,16,22H,3,5,7-10,13-15H2,1-2H3,(H2,28,29)(H,30,35). The van der Waals surface area contributed by atoms with E-state index in [1.54, 1.807) is 16.2 Å². The molecule has 1 aromatic carbocycles. The first-order chi connectivity index (χ1) is 18.4. The van der Waals surface area contributed by atoms with Crippen LogP contribution in [0.3, 0.4) is 0 Å². The maximum absolute atomic E-state index is 13.5. The minimum absolute atomic E-state index is 0.179. The van der Waals surface area contributed by atoms with Gasteiger partial charge in [0.2, 0.25) is 0 Å². The number of anilines is 3. The van der Waals surface area contributed by atoms with Crippen LogP contribution in [0.1, 0.15) is 42.5 Å². The summed E-state index contributed by atoms with van der Waals surface area (Å²) in [5.41, 5.74) is 9.94. The average molecular weight is 536 g/mol. The zero-order valence-electron chi connectivity index (χ0n) is 21.8. The minimum atomic E-state index is -0.670. The highest BCUT2D eigenvalue weighted by atomic mass is 32.1. The second-order valence-corrected chi connectivity index (χ2v) is 11.6. The van der Waals surface area contributed by atoms with Gasteiger partial charge in [-0.2, -0.15) is 0 Å². The lowest BCUT2D eigenvalue weighted by atomic mass is 9.89. The number of nitrogens with two attached hydrogens (primary N) is 1. The number of amides is 2. The molecule has 6 rings (SSSR count). The minimum Gasteiger partial charge on any atom is -0.383 e. The van der Waals surface area contributed by atoms with Crippen molar-refractivity contribution in [2.75, 3.05) is 55.7 Å². The van der Waals surface area contributed by atoms with Crippen LogP contribution in [0.25, 0.3) is 10.2 Å². The summed E-state index contributed by atoms with van der Waals surface area (Å²) >= 11 is 1.71. The van der Waals surface area contributed by atoms with Crippen molar-refractivity contribution in [3.63, 3.8) is 0 Å². The summed E-state index contributed by atoms with van der Waals surface area (Å²) in [6.45, 7) is 7.34. The maximum Gasteiger partial charge on any atom is 0.313 e. The molecule has 2 saturated heterocycles. The van der Waals surface area contributed by atoms with Crippen LogP contribution >= 0.6 is 11.3 Å². The fourth-order valence-corrected chi connectivity index (χ4v) is 6.60. The van der Waals surface area contributed by atoms with Gasteiger partial charge in [-0.05, 0) is 43.5 Å². The van der Waals surface area contributed by atoms with Gasteiger partial charge in [0, 0.05) is 43.9 Å². The number of piperidine rings is 1. The third-order valence-corrected chi connectivity index (χ3v) is 9.00. The van der Waals surface area contributed by atoms with Crippen LogP contribution in [-0.2, 0) is 27.5 Å². The molecule has 3 aromatic rings. The number of nitrogens with one attached hydrogen (secondary N) is 1. The quantitative estimate of drug-likeness (QED) is 0.492. The Morgan fingerprint density at radius 3 is 2.74 bits per heavy atom. The van der Waals surface area contributed by atoms with Crippen LogP contribution in [0, 0.1) is 5.92 Å². The fraction of sp³-hybridized carbons (Fsp3) is 0.481. The SMILES string of the molecule is CC1CCC(c2ccc3sc(N4CCN(C)CC4)nc3c2)N(C(=O)C(=O)Nc2cnc(N)c3c2COC3)C1. The smallest absolute Gasteiger partial charge is 0.313 e. The topological polar surface area (TPSA) is 117 Å². The molecule has 38 heavy (non-hydrogen) atoms. The molecule has 10 nitrogen and oxygen atoms in total. The van der Waals surface area contributed by atoms with Gasteiger partial charge in [0.05, 0.1) is 41.4 Å². The van der Waals surface area contributed by atoms with E-state index < -0.39 is 11.8 Å². The number of aromatic nitrogens is 2. The van der Waals surface area contributed by atoms with E-state index in [1.165, 1.54) is 6.20 Å². The Morgan fingerprint density at radius 1 is 1.13 bits per heavy atom. The molecule has 2 aromatic heterocycles. The van der Waals surface area contributed by atoms with Gasteiger partial charge >= 0.3 is 11.8 Å². The van der Waals surface area contributed by atoms with Crippen LogP contribution in [0.2, 0.25) is 0 Å². The monoisotopic (exact) mass is 535 g/mol. The van der Waals surface area contributed by atoms with Crippen LogP contribution < -0.4 is 16.0 Å². The number of likely N-dealkylation sites (tertiary alicyclic amines) is 1. The third-order valence-electron chi connectivity index (χ3n) is 7.90. The summed E-state index contributed by atoms with van der Waals surface area (Å²) in [5, 5.41) is 3.82. The Kier molecular flexibility index (Phi) is 6.67. The van der Waals surface area contributed by atoms with Crippen LogP contribution in [0.5, 0.6) is 0 Å². The van der Waals surface area contributed by atoms with Crippen molar-refractivity contribution in [2.45, 2.75) is 39.0 Å². The number of benzene rings is 1. The van der Waals surface area contributed by atoms with Crippen molar-refractivity contribution in [1.29, 1.82) is 0 Å². The fourth-order valence-electron chi connectivity index (χ4n) is 5.60. The second kappa shape index (κ2) is 10.1. The first-order valence-corrected chi connectivity index (χ1v) is 14.0. The number of ether oxygens (including phenoxy) is 1. The van der Waals surface area contributed by atoms with E-state index in [9.17, 15) is 9.59 Å². The highest BCUT2D eigenvalue weighted by molar-refractivity contribution is 7.22. The Bertz CT molecular complexity index is 1380. The molecule has 0 saturated carbocycles. The van der Waals surface area contributed by atoms with Crippen LogP contribution in [0.4, 0.5) is 16.6 Å². The number of hydrogen-bond acceptors (Lipinski definition) is 9. The third kappa shape index (κ3) is 4.70. The van der Waals surface area contributed by atoms with Gasteiger partial charge in [-0.25, -0.2) is 9.97 Å². The van der Waals surface area contributed by atoms with E-state index in [2.05, 4.69) is 52.3 Å². The van der Waals surface area contributed by atoms with Crippen molar-refractivity contribution >= 4 is 50.0 Å². The molecule has 3 N–H and O–H groups in total. The number of carbonyl (C=O) groups is 2. The van der Waals surface area contributed by atoms with E-state index >= 15 is 0 Å². The summed E-state index contributed by atoms with van der Waals surface area (Å²) in [4.78, 5) is 42.2. The van der Waals surface area contributed by atoms with Crippen molar-refractivity contribution < 1.29 is 14.3 Å². The van der Waals surface area contributed by atoms with Gasteiger partial charge in [-0.15, -0.1) is 0 Å². The molecule has 11 heteroatoms. The zero-order valence-corrected chi connectivity index (χ0v) is 22.6. The van der Waals surface area contributed by atoms with Gasteiger partial charge < -0.3 is 30.5 Å². The molecule has 2 unspecified atom stereocenters. The highest BCUT2D eigenvalue weighted by Gasteiger charge is 2.35. The normalized spacial score (nSPS) is 22.1. The first kappa shape index (κ1) is 25.0. The molecule has 3 aliphatic rings. The number of pyridine rings is 1. The highest BCUT2D eigenvalue weighted by Crippen LogP contribution is 2.37. The van der Waals surface area contributed by atoms with Crippen molar-refractivity contribution in [1.82, 2.24) is 19.8 Å². The van der Waals surface area contributed by atoms with Crippen molar-refractivity contribution in [3.05, 3.63) is 41.1 Å². The molecule has 0 bridgehead atoms. The van der Waals surface area contributed by atoms with Gasteiger partial charge in [0.15, 0.2) is 5.13 Å². The number of piperazine rings is 1. The molecule has 0 radical (unpaired) electrons. The lowest BCUT2D eigenvalue weighted by molar-refractivity contribution is -0.146. The Hall–Kier alpha value is -3.28. The van der Waals surface area contributed by atoms with Crippen molar-refractivity contribution in [2.24, 2.45) is 5.92 Å². The molecular weight excluding hydrogens is 502 g/mol. The number of nitrogens with zero attached hydrogens (tertiary/aromatic N) is 5. The molecule has 3 aliphatic heterocycles. The summed E-state index contributed by atoms with van der Waals surface area (Å²) in [5.74, 6) is -0.509. The average Bonchev–Trinajstić information content (AvgIpc) is 3.58. The lowest BCUT2D eigenvalue weighted by Crippen LogP contribution is -2.46. The number of thiazole rings is 1. The molecule has 2 amide bonds. The molecule has 5 heterocycles. The number of nitrogen functional groups attached to an aromatic ring is 1. The number of carbonyl (C=O) groups excluding carboxylic acids is 2. The van der Waals surface area contributed by atoms with Gasteiger partial charge in [-0.1, -0.05) is 24.3 Å². The van der Waals surface area contributed by atoms with E-state index in [4.69, 9.17) is 15.5 Å². The predicted octanol–water partition coefficient (Wildman–Crippen LogP) is 2.99. The van der Waals surface area contributed by atoms with Crippen molar-refractivity contribution in [3.8, 4) is 0 Å². The maximum atomic E-state index is 13.5. The number of hydrogen-bond donors (Lipinski definition) is 2. The van der Waals surface area contributed by atoms with Gasteiger partial charge in [-0.3, -0.25) is 9.59 Å². The summed E-state index contributed by atoms with van der Waals surface area (Å²) in [6.07, 6.45) is 3.29. The molecule has 2 fully saturated rings. The lowest BCUT2D eigenvalue weighted by Gasteiger charge is -2.38. The van der Waals surface area contributed by atoms with Gasteiger partial charge in [0.25, 0.3) is 0 Å². The number of rotatable bonds is 3. The Balaban J connectivity index is 1.23. The largest absolute Gasteiger partial charge is 0.383 e. The summed E-state index contributed by atoms with van der Waals surface area (Å²) in [6, 6.07) is 6.10.